The number of carbonyl (C=O) groups excluding carboxylic acids is 1. The number of nitrogens with one attached hydrogen (secondary N) is 1. The summed E-state index contributed by atoms with van der Waals surface area (Å²) in [5, 5.41) is 7.38. The van der Waals surface area contributed by atoms with Gasteiger partial charge in [0.2, 0.25) is 5.91 Å². The van der Waals surface area contributed by atoms with Gasteiger partial charge in [0.1, 0.15) is 23.4 Å². The fourth-order valence-electron chi connectivity index (χ4n) is 3.78. The number of amides is 1. The number of anilines is 2. The maximum atomic E-state index is 13.1. The van der Waals surface area contributed by atoms with Crippen molar-refractivity contribution in [1.29, 1.82) is 0 Å². The number of nitrogens with zero attached hydrogens (tertiary/aromatic N) is 5. The summed E-state index contributed by atoms with van der Waals surface area (Å²) >= 11 is 0. The van der Waals surface area contributed by atoms with E-state index < -0.39 is 0 Å². The molecule has 3 heterocycles. The molecule has 0 aliphatic carbocycles. The maximum absolute atomic E-state index is 13.1. The van der Waals surface area contributed by atoms with Crippen LogP contribution in [0, 0.1) is 12.7 Å². The van der Waals surface area contributed by atoms with E-state index in [-0.39, 0.29) is 23.7 Å². The highest BCUT2D eigenvalue weighted by Gasteiger charge is 2.30. The van der Waals surface area contributed by atoms with Crippen LogP contribution in [0.4, 0.5) is 15.9 Å². The van der Waals surface area contributed by atoms with Crippen molar-refractivity contribution in [3.05, 3.63) is 65.1 Å². The van der Waals surface area contributed by atoms with E-state index in [1.54, 1.807) is 0 Å². The Kier molecular flexibility index (Phi) is 5.71. The molecule has 1 aromatic carbocycles. The van der Waals surface area contributed by atoms with E-state index in [2.05, 4.69) is 22.3 Å². The molecule has 1 amide bonds. The number of hydrogen-bond acceptors (Lipinski definition) is 5. The molecule has 162 valence electrons. The largest absolute Gasteiger partial charge is 0.346 e. The number of benzene rings is 1. The van der Waals surface area contributed by atoms with Gasteiger partial charge in [-0.1, -0.05) is 19.1 Å². The fourth-order valence-corrected chi connectivity index (χ4v) is 3.78. The Morgan fingerprint density at radius 2 is 1.94 bits per heavy atom. The van der Waals surface area contributed by atoms with E-state index in [9.17, 15) is 9.18 Å². The molecule has 7 nitrogen and oxygen atoms in total. The van der Waals surface area contributed by atoms with E-state index in [0.717, 1.165) is 41.4 Å². The minimum Gasteiger partial charge on any atom is -0.346 e. The highest BCUT2D eigenvalue weighted by molar-refractivity contribution is 6.02. The highest BCUT2D eigenvalue weighted by Crippen LogP contribution is 2.31. The molecule has 0 radical (unpaired) electrons. The molecule has 3 aromatic rings. The minimum absolute atomic E-state index is 0.0447. The van der Waals surface area contributed by atoms with Gasteiger partial charge in [-0.3, -0.25) is 9.48 Å². The summed E-state index contributed by atoms with van der Waals surface area (Å²) in [5.74, 6) is 1.47. The van der Waals surface area contributed by atoms with Crippen LogP contribution in [0.25, 0.3) is 0 Å². The van der Waals surface area contributed by atoms with E-state index in [4.69, 9.17) is 4.98 Å². The first-order chi connectivity index (χ1) is 14.8. The second-order valence-electron chi connectivity index (χ2n) is 8.22. The number of carbonyl (C=O) groups is 1. The fraction of sp³-hybridized carbons (Fsp3) is 0.391. The van der Waals surface area contributed by atoms with Crippen molar-refractivity contribution in [1.82, 2.24) is 19.7 Å². The predicted molar refractivity (Wildman–Crippen MR) is 118 cm³/mol. The van der Waals surface area contributed by atoms with Gasteiger partial charge in [0, 0.05) is 32.1 Å². The van der Waals surface area contributed by atoms with Gasteiger partial charge in [0.25, 0.3) is 0 Å². The van der Waals surface area contributed by atoms with E-state index in [1.165, 1.54) is 12.1 Å². The van der Waals surface area contributed by atoms with Crippen LogP contribution in [0.5, 0.6) is 0 Å². The molecule has 0 saturated heterocycles. The molecule has 8 heteroatoms. The van der Waals surface area contributed by atoms with Crippen LogP contribution in [0.1, 0.15) is 42.4 Å². The van der Waals surface area contributed by atoms with Gasteiger partial charge in [0.15, 0.2) is 5.82 Å². The molecule has 1 aliphatic rings. The van der Waals surface area contributed by atoms with Crippen molar-refractivity contribution in [2.45, 2.75) is 52.1 Å². The normalized spacial score (nSPS) is 16.7. The number of aryl methyl sites for hydroxylation is 3. The van der Waals surface area contributed by atoms with Crippen molar-refractivity contribution >= 4 is 17.4 Å². The van der Waals surface area contributed by atoms with Crippen molar-refractivity contribution in [3.63, 3.8) is 0 Å². The van der Waals surface area contributed by atoms with Crippen LogP contribution in [0.3, 0.4) is 0 Å². The van der Waals surface area contributed by atoms with Crippen LogP contribution in [-0.4, -0.2) is 38.7 Å². The van der Waals surface area contributed by atoms with Crippen LogP contribution in [0.2, 0.25) is 0 Å². The number of halogens is 1. The summed E-state index contributed by atoms with van der Waals surface area (Å²) in [7, 11) is 1.88. The molecule has 0 bridgehead atoms. The first-order valence-corrected chi connectivity index (χ1v) is 10.5. The van der Waals surface area contributed by atoms with Gasteiger partial charge in [-0.05, 0) is 43.5 Å². The molecule has 0 saturated carbocycles. The number of aromatic nitrogens is 4. The van der Waals surface area contributed by atoms with Gasteiger partial charge < -0.3 is 10.2 Å². The summed E-state index contributed by atoms with van der Waals surface area (Å²) in [6, 6.07) is 6.35. The van der Waals surface area contributed by atoms with Crippen molar-refractivity contribution in [2.75, 3.05) is 17.3 Å². The molecule has 1 N–H and O–H groups in total. The first-order valence-electron chi connectivity index (χ1n) is 10.5. The summed E-state index contributed by atoms with van der Waals surface area (Å²) in [4.78, 5) is 23.2. The monoisotopic (exact) mass is 422 g/mol. The number of hydrogen-bond donors (Lipinski definition) is 1. The third-order valence-corrected chi connectivity index (χ3v) is 5.88. The zero-order valence-electron chi connectivity index (χ0n) is 18.3. The molecular weight excluding hydrogens is 395 g/mol. The molecule has 0 spiro atoms. The number of rotatable bonds is 6. The average molecular weight is 423 g/mol. The summed E-state index contributed by atoms with van der Waals surface area (Å²) < 4.78 is 15.1. The second kappa shape index (κ2) is 8.45. The average Bonchev–Trinajstić information content (AvgIpc) is 3.19. The second-order valence-corrected chi connectivity index (χ2v) is 8.22. The maximum Gasteiger partial charge on any atom is 0.246 e. The third kappa shape index (κ3) is 4.42. The first kappa shape index (κ1) is 21.0. The number of fused-ring (bicyclic) bond motifs is 1. The Labute approximate surface area is 181 Å². The quantitative estimate of drug-likeness (QED) is 0.658. The zero-order chi connectivity index (χ0) is 22.1. The Morgan fingerprint density at radius 3 is 2.68 bits per heavy atom. The minimum atomic E-state index is -0.268. The Morgan fingerprint density at radius 1 is 1.19 bits per heavy atom. The Balaban J connectivity index is 1.41. The summed E-state index contributed by atoms with van der Waals surface area (Å²) in [6.07, 6.45) is 5.37. The van der Waals surface area contributed by atoms with Gasteiger partial charge in [-0.2, -0.15) is 5.10 Å². The highest BCUT2D eigenvalue weighted by atomic mass is 19.1. The zero-order valence-corrected chi connectivity index (χ0v) is 18.3. The molecule has 31 heavy (non-hydrogen) atoms. The lowest BCUT2D eigenvalue weighted by atomic mass is 10.0. The Hall–Kier alpha value is -3.29. The van der Waals surface area contributed by atoms with E-state index >= 15 is 0 Å². The van der Waals surface area contributed by atoms with Gasteiger partial charge >= 0.3 is 0 Å². The summed E-state index contributed by atoms with van der Waals surface area (Å²) in [5.41, 5.74) is 3.66. The van der Waals surface area contributed by atoms with E-state index in [1.807, 2.05) is 55.0 Å². The molecule has 4 rings (SSSR count). The standard InChI is InChI=1S/C23H27FN6O/c1-14(18-6-8-19(24)9-7-18)12-30-13-17(11-25-30)5-10-20-26-15(2)21-22(27-20)29(4)16(3)23(31)28-21/h6-9,11,13-14,16H,5,10,12H2,1-4H3,(H,28,31)/t14-,16+/m1/s1. The summed E-state index contributed by atoms with van der Waals surface area (Å²) in [6.45, 7) is 6.58. The van der Waals surface area contributed by atoms with Gasteiger partial charge in [0.05, 0.1) is 11.9 Å². The molecule has 0 unspecified atom stereocenters. The van der Waals surface area contributed by atoms with E-state index in [0.29, 0.717) is 12.1 Å². The third-order valence-electron chi connectivity index (χ3n) is 5.88. The lowest BCUT2D eigenvalue weighted by molar-refractivity contribution is -0.117. The lowest BCUT2D eigenvalue weighted by Gasteiger charge is -2.32. The van der Waals surface area contributed by atoms with Crippen LogP contribution >= 0.6 is 0 Å². The van der Waals surface area contributed by atoms with Crippen molar-refractivity contribution in [3.8, 4) is 0 Å². The molecular formula is C23H27FN6O. The molecule has 2 aromatic heterocycles. The smallest absolute Gasteiger partial charge is 0.246 e. The predicted octanol–water partition coefficient (Wildman–Crippen LogP) is 3.49. The topological polar surface area (TPSA) is 75.9 Å². The molecule has 2 atom stereocenters. The molecule has 0 fully saturated rings. The Bertz CT molecular complexity index is 1090. The SMILES string of the molecule is Cc1nc(CCc2cnn(C[C@@H](C)c3ccc(F)cc3)c2)nc2c1NC(=O)[C@H](C)N2C. The van der Waals surface area contributed by atoms with Crippen LogP contribution in [-0.2, 0) is 24.2 Å². The van der Waals surface area contributed by atoms with Crippen LogP contribution < -0.4 is 10.2 Å². The lowest BCUT2D eigenvalue weighted by Crippen LogP contribution is -2.45. The van der Waals surface area contributed by atoms with Crippen molar-refractivity contribution < 1.29 is 9.18 Å². The molecule has 1 aliphatic heterocycles. The van der Waals surface area contributed by atoms with Gasteiger partial charge in [-0.25, -0.2) is 14.4 Å². The number of likely N-dealkylation sites (N-methyl/N-ethyl adjacent to an activating group) is 1. The van der Waals surface area contributed by atoms with Gasteiger partial charge in [-0.15, -0.1) is 0 Å². The van der Waals surface area contributed by atoms with Crippen molar-refractivity contribution in [2.24, 2.45) is 0 Å². The van der Waals surface area contributed by atoms with Crippen LogP contribution in [0.15, 0.2) is 36.7 Å².